The van der Waals surface area contributed by atoms with Crippen molar-refractivity contribution in [2.45, 2.75) is 32.6 Å². The molecule has 0 atom stereocenters. The second kappa shape index (κ2) is 12.3. The predicted molar refractivity (Wildman–Crippen MR) is 114 cm³/mol. The Balaban J connectivity index is 1.63. The van der Waals surface area contributed by atoms with Gasteiger partial charge in [-0.05, 0) is 81.1 Å². The van der Waals surface area contributed by atoms with E-state index < -0.39 is 5.97 Å². The molecule has 160 valence electrons. The molecule has 30 heavy (non-hydrogen) atoms. The van der Waals surface area contributed by atoms with Crippen LogP contribution in [0.5, 0.6) is 17.2 Å². The van der Waals surface area contributed by atoms with Gasteiger partial charge in [0, 0.05) is 5.57 Å². The van der Waals surface area contributed by atoms with Gasteiger partial charge in [-0.2, -0.15) is 0 Å². The van der Waals surface area contributed by atoms with Crippen molar-refractivity contribution in [1.82, 2.24) is 0 Å². The summed E-state index contributed by atoms with van der Waals surface area (Å²) in [7, 11) is 1.58. The van der Waals surface area contributed by atoms with E-state index in [0.717, 1.165) is 25.7 Å². The van der Waals surface area contributed by atoms with Crippen LogP contribution < -0.4 is 14.2 Å². The van der Waals surface area contributed by atoms with Gasteiger partial charge in [0.25, 0.3) is 0 Å². The van der Waals surface area contributed by atoms with Crippen molar-refractivity contribution in [3.05, 3.63) is 66.2 Å². The van der Waals surface area contributed by atoms with Crippen LogP contribution in [0.3, 0.4) is 0 Å². The fraction of sp³-hybridized carbons (Fsp3) is 0.333. The number of rotatable bonds is 12. The van der Waals surface area contributed by atoms with Gasteiger partial charge in [-0.15, -0.1) is 0 Å². The number of ether oxygens (including phenoxy) is 4. The van der Waals surface area contributed by atoms with E-state index in [-0.39, 0.29) is 5.97 Å². The highest BCUT2D eigenvalue weighted by Crippen LogP contribution is 2.19. The van der Waals surface area contributed by atoms with Gasteiger partial charge in [0.15, 0.2) is 0 Å². The molecule has 0 aliphatic carbocycles. The molecule has 0 aliphatic rings. The van der Waals surface area contributed by atoms with Crippen molar-refractivity contribution in [1.29, 1.82) is 0 Å². The third kappa shape index (κ3) is 7.99. The van der Waals surface area contributed by atoms with Gasteiger partial charge < -0.3 is 18.9 Å². The summed E-state index contributed by atoms with van der Waals surface area (Å²) < 4.78 is 21.2. The van der Waals surface area contributed by atoms with Crippen molar-refractivity contribution in [3.63, 3.8) is 0 Å². The lowest BCUT2D eigenvalue weighted by Crippen LogP contribution is -2.08. The number of hydrogen-bond donors (Lipinski definition) is 0. The quantitative estimate of drug-likeness (QED) is 0.212. The van der Waals surface area contributed by atoms with Crippen molar-refractivity contribution < 1.29 is 28.5 Å². The average Bonchev–Trinajstić information content (AvgIpc) is 2.76. The first-order chi connectivity index (χ1) is 14.5. The molecule has 2 rings (SSSR count). The van der Waals surface area contributed by atoms with Gasteiger partial charge in [0.1, 0.15) is 17.2 Å². The lowest BCUT2D eigenvalue weighted by Gasteiger charge is -2.08. The van der Waals surface area contributed by atoms with Crippen molar-refractivity contribution >= 4 is 11.9 Å². The highest BCUT2D eigenvalue weighted by atomic mass is 16.5. The van der Waals surface area contributed by atoms with E-state index in [9.17, 15) is 9.59 Å². The molecule has 0 amide bonds. The number of esters is 2. The van der Waals surface area contributed by atoms with Crippen LogP contribution in [-0.2, 0) is 9.53 Å². The molecule has 0 N–H and O–H groups in total. The summed E-state index contributed by atoms with van der Waals surface area (Å²) in [4.78, 5) is 23.5. The Morgan fingerprint density at radius 1 is 0.800 bits per heavy atom. The van der Waals surface area contributed by atoms with E-state index in [1.807, 2.05) is 0 Å². The van der Waals surface area contributed by atoms with Gasteiger partial charge in [-0.25, -0.2) is 9.59 Å². The minimum Gasteiger partial charge on any atom is -0.497 e. The maximum Gasteiger partial charge on any atom is 0.343 e. The molecule has 0 heterocycles. The first-order valence-corrected chi connectivity index (χ1v) is 9.91. The molecule has 0 unspecified atom stereocenters. The zero-order valence-electron chi connectivity index (χ0n) is 17.5. The summed E-state index contributed by atoms with van der Waals surface area (Å²) in [6.45, 7) is 6.18. The van der Waals surface area contributed by atoms with Crippen LogP contribution in [0.2, 0.25) is 0 Å². The second-order valence-electron chi connectivity index (χ2n) is 6.77. The molecule has 0 bridgehead atoms. The maximum absolute atomic E-state index is 12.2. The number of unbranched alkanes of at least 4 members (excludes halogenated alkanes) is 3. The van der Waals surface area contributed by atoms with Crippen LogP contribution >= 0.6 is 0 Å². The smallest absolute Gasteiger partial charge is 0.343 e. The molecule has 0 fully saturated rings. The molecule has 6 heteroatoms. The Morgan fingerprint density at radius 3 is 1.97 bits per heavy atom. The fourth-order valence-electron chi connectivity index (χ4n) is 2.53. The minimum absolute atomic E-state index is 0.338. The zero-order valence-corrected chi connectivity index (χ0v) is 17.5. The van der Waals surface area contributed by atoms with Crippen molar-refractivity contribution in [2.24, 2.45) is 0 Å². The lowest BCUT2D eigenvalue weighted by atomic mass is 10.2. The average molecular weight is 412 g/mol. The normalized spacial score (nSPS) is 10.2. The number of hydrogen-bond acceptors (Lipinski definition) is 6. The second-order valence-corrected chi connectivity index (χ2v) is 6.77. The van der Waals surface area contributed by atoms with Crippen LogP contribution in [-0.4, -0.2) is 32.3 Å². The van der Waals surface area contributed by atoms with Gasteiger partial charge >= 0.3 is 11.9 Å². The van der Waals surface area contributed by atoms with E-state index >= 15 is 0 Å². The Kier molecular flexibility index (Phi) is 9.45. The van der Waals surface area contributed by atoms with E-state index in [4.69, 9.17) is 18.9 Å². The number of benzene rings is 2. The summed E-state index contributed by atoms with van der Waals surface area (Å²) in [5.41, 5.74) is 0.867. The van der Waals surface area contributed by atoms with Gasteiger partial charge in [0.2, 0.25) is 0 Å². The maximum atomic E-state index is 12.2. The molecule has 2 aromatic carbocycles. The lowest BCUT2D eigenvalue weighted by molar-refractivity contribution is -0.139. The van der Waals surface area contributed by atoms with Crippen LogP contribution in [0.4, 0.5) is 0 Å². The van der Waals surface area contributed by atoms with Crippen molar-refractivity contribution in [2.75, 3.05) is 20.3 Å². The van der Waals surface area contributed by atoms with Crippen LogP contribution in [0.1, 0.15) is 43.0 Å². The van der Waals surface area contributed by atoms with E-state index in [1.54, 1.807) is 62.6 Å². The fourth-order valence-corrected chi connectivity index (χ4v) is 2.53. The van der Waals surface area contributed by atoms with Gasteiger partial charge in [0.05, 0.1) is 25.9 Å². The molecule has 0 radical (unpaired) electrons. The zero-order chi connectivity index (χ0) is 21.8. The number of carbonyl (C=O) groups is 2. The summed E-state index contributed by atoms with van der Waals surface area (Å²) in [6.07, 6.45) is 3.67. The first-order valence-electron chi connectivity index (χ1n) is 9.91. The number of carbonyl (C=O) groups excluding carboxylic acids is 2. The Labute approximate surface area is 177 Å². The van der Waals surface area contributed by atoms with E-state index in [2.05, 4.69) is 6.58 Å². The van der Waals surface area contributed by atoms with Crippen LogP contribution in [0.15, 0.2) is 60.7 Å². The molecule has 0 saturated carbocycles. The molecular weight excluding hydrogens is 384 g/mol. The summed E-state index contributed by atoms with van der Waals surface area (Å²) in [5, 5.41) is 0. The highest BCUT2D eigenvalue weighted by molar-refractivity contribution is 5.91. The number of methoxy groups -OCH3 is 1. The molecule has 0 spiro atoms. The van der Waals surface area contributed by atoms with Gasteiger partial charge in [-0.3, -0.25) is 0 Å². The Hall–Kier alpha value is -3.28. The molecule has 2 aromatic rings. The SMILES string of the molecule is C=C(C)C(=O)OCCCCCCOc1ccc(C(=O)Oc2ccc(OC)cc2)cc1. The highest BCUT2D eigenvalue weighted by Gasteiger charge is 2.09. The predicted octanol–water partition coefficient (Wildman–Crippen LogP) is 4.97. The summed E-state index contributed by atoms with van der Waals surface area (Å²) in [5.74, 6) is 1.08. The largest absolute Gasteiger partial charge is 0.497 e. The van der Waals surface area contributed by atoms with Crippen molar-refractivity contribution in [3.8, 4) is 17.2 Å². The molecule has 0 saturated heterocycles. The van der Waals surface area contributed by atoms with E-state index in [1.165, 1.54) is 0 Å². The monoisotopic (exact) mass is 412 g/mol. The molecule has 0 aliphatic heterocycles. The Bertz CT molecular complexity index is 824. The Morgan fingerprint density at radius 2 is 1.37 bits per heavy atom. The van der Waals surface area contributed by atoms with Crippen LogP contribution in [0, 0.1) is 0 Å². The molecule has 6 nitrogen and oxygen atoms in total. The topological polar surface area (TPSA) is 71.1 Å². The van der Waals surface area contributed by atoms with Gasteiger partial charge in [-0.1, -0.05) is 6.58 Å². The summed E-state index contributed by atoms with van der Waals surface area (Å²) in [6, 6.07) is 13.7. The van der Waals surface area contributed by atoms with E-state index in [0.29, 0.717) is 41.6 Å². The summed E-state index contributed by atoms with van der Waals surface area (Å²) >= 11 is 0. The first kappa shape index (κ1) is 23.0. The molecular formula is C24H28O6. The third-order valence-electron chi connectivity index (χ3n) is 4.25. The minimum atomic E-state index is -0.431. The standard InChI is InChI=1S/C24H28O6/c1-18(2)23(25)29-17-7-5-4-6-16-28-21-10-8-19(9-11-21)24(26)30-22-14-12-20(27-3)13-15-22/h8-15H,1,4-7,16-17H2,2-3H3. The van der Waals surface area contributed by atoms with Crippen LogP contribution in [0.25, 0.3) is 0 Å². The molecule has 0 aromatic heterocycles. The third-order valence-corrected chi connectivity index (χ3v) is 4.25.